The molecule has 4 heteroatoms. The highest BCUT2D eigenvalue weighted by Crippen LogP contribution is 2.52. The van der Waals surface area contributed by atoms with E-state index >= 15 is 0 Å². The molecule has 126 valence electrons. The molecule has 0 N–H and O–H groups in total. The lowest BCUT2D eigenvalue weighted by molar-refractivity contribution is -0.134. The number of hydrogen-bond donors (Lipinski definition) is 0. The van der Waals surface area contributed by atoms with Gasteiger partial charge in [-0.1, -0.05) is 32.9 Å². The van der Waals surface area contributed by atoms with Crippen LogP contribution in [0.3, 0.4) is 0 Å². The number of para-hydroxylation sites is 2. The number of carbonyl (C=O) groups is 1. The number of fused-ring (bicyclic) bond motifs is 2. The fourth-order valence-corrected chi connectivity index (χ4v) is 4.71. The molecule has 1 amide bonds. The smallest absolute Gasteiger partial charge is 0.260 e. The zero-order chi connectivity index (χ0) is 16.7. The van der Waals surface area contributed by atoms with Crippen LogP contribution in [-0.4, -0.2) is 37.1 Å². The topological polar surface area (TPSA) is 38.8 Å². The van der Waals surface area contributed by atoms with E-state index in [1.54, 1.807) is 7.11 Å². The maximum atomic E-state index is 12.7. The van der Waals surface area contributed by atoms with Crippen molar-refractivity contribution in [3.63, 3.8) is 0 Å². The number of rotatable bonds is 4. The van der Waals surface area contributed by atoms with Crippen molar-refractivity contribution in [3.8, 4) is 11.5 Å². The normalized spacial score (nSPS) is 28.5. The largest absolute Gasteiger partial charge is 0.493 e. The van der Waals surface area contributed by atoms with E-state index in [9.17, 15) is 4.79 Å². The van der Waals surface area contributed by atoms with Crippen molar-refractivity contribution in [2.75, 3.05) is 20.3 Å². The van der Waals surface area contributed by atoms with E-state index in [4.69, 9.17) is 9.47 Å². The lowest BCUT2D eigenvalue weighted by Gasteiger charge is -2.39. The molecule has 1 aromatic carbocycles. The van der Waals surface area contributed by atoms with Crippen molar-refractivity contribution in [1.82, 2.24) is 4.90 Å². The van der Waals surface area contributed by atoms with Crippen LogP contribution in [0.25, 0.3) is 0 Å². The Morgan fingerprint density at radius 1 is 1.22 bits per heavy atom. The van der Waals surface area contributed by atoms with Crippen molar-refractivity contribution in [2.24, 2.45) is 10.8 Å². The molecule has 1 aliphatic heterocycles. The summed E-state index contributed by atoms with van der Waals surface area (Å²) in [5.74, 6) is 1.37. The molecule has 3 rings (SSSR count). The number of likely N-dealkylation sites (tertiary alicyclic amines) is 1. The lowest BCUT2D eigenvalue weighted by Crippen LogP contribution is -2.40. The standard InChI is InChI=1S/C19H27NO3/c1-18(2)9-14-10-19(3,12-18)13-20(14)17(21)11-23-16-8-6-5-7-15(16)22-4/h5-8,14H,9-13H2,1-4H3/t14-,19+/m1/s1. The Labute approximate surface area is 138 Å². The average Bonchev–Trinajstić information content (AvgIpc) is 2.74. The van der Waals surface area contributed by atoms with Crippen LogP contribution in [0, 0.1) is 10.8 Å². The summed E-state index contributed by atoms with van der Waals surface area (Å²) in [7, 11) is 1.61. The molecule has 2 fully saturated rings. The van der Waals surface area contributed by atoms with Crippen LogP contribution in [-0.2, 0) is 4.79 Å². The highest BCUT2D eigenvalue weighted by molar-refractivity contribution is 5.78. The maximum absolute atomic E-state index is 12.7. The van der Waals surface area contributed by atoms with E-state index in [0.29, 0.717) is 23.0 Å². The van der Waals surface area contributed by atoms with Crippen molar-refractivity contribution < 1.29 is 14.3 Å². The van der Waals surface area contributed by atoms with Gasteiger partial charge in [-0.05, 0) is 42.2 Å². The molecule has 0 radical (unpaired) electrons. The predicted molar refractivity (Wildman–Crippen MR) is 89.7 cm³/mol. The van der Waals surface area contributed by atoms with Crippen LogP contribution in [0.4, 0.5) is 0 Å². The van der Waals surface area contributed by atoms with E-state index < -0.39 is 0 Å². The Morgan fingerprint density at radius 2 is 1.91 bits per heavy atom. The molecule has 1 heterocycles. The fourth-order valence-electron chi connectivity index (χ4n) is 4.71. The minimum absolute atomic E-state index is 0.0768. The molecular weight excluding hydrogens is 290 g/mol. The number of benzene rings is 1. The molecular formula is C19H27NO3. The van der Waals surface area contributed by atoms with Crippen molar-refractivity contribution >= 4 is 5.91 Å². The second-order valence-electron chi connectivity index (χ2n) is 8.17. The van der Waals surface area contributed by atoms with Crippen LogP contribution in [0.1, 0.15) is 40.0 Å². The number of methoxy groups -OCH3 is 1. The van der Waals surface area contributed by atoms with Crippen molar-refractivity contribution in [3.05, 3.63) is 24.3 Å². The van der Waals surface area contributed by atoms with Gasteiger partial charge < -0.3 is 14.4 Å². The quantitative estimate of drug-likeness (QED) is 0.853. The molecule has 2 atom stereocenters. The zero-order valence-electron chi connectivity index (χ0n) is 14.6. The number of carbonyl (C=O) groups excluding carboxylic acids is 1. The van der Waals surface area contributed by atoms with Crippen LogP contribution in [0.2, 0.25) is 0 Å². The third-order valence-electron chi connectivity index (χ3n) is 5.16. The molecule has 23 heavy (non-hydrogen) atoms. The molecule has 2 aliphatic rings. The summed E-state index contributed by atoms with van der Waals surface area (Å²) in [6.07, 6.45) is 3.40. The number of ether oxygens (including phenoxy) is 2. The Hall–Kier alpha value is -1.71. The summed E-state index contributed by atoms with van der Waals surface area (Å²) in [6.45, 7) is 7.88. The Kier molecular flexibility index (Phi) is 4.03. The van der Waals surface area contributed by atoms with Crippen LogP contribution >= 0.6 is 0 Å². The summed E-state index contributed by atoms with van der Waals surface area (Å²) < 4.78 is 11.0. The Balaban J connectivity index is 1.65. The lowest BCUT2D eigenvalue weighted by atomic mass is 9.65. The van der Waals surface area contributed by atoms with Gasteiger partial charge in [-0.2, -0.15) is 0 Å². The Bertz CT molecular complexity index is 598. The van der Waals surface area contributed by atoms with Gasteiger partial charge >= 0.3 is 0 Å². The Morgan fingerprint density at radius 3 is 2.61 bits per heavy atom. The molecule has 0 spiro atoms. The van der Waals surface area contributed by atoms with Gasteiger partial charge in [0, 0.05) is 12.6 Å². The van der Waals surface area contributed by atoms with Gasteiger partial charge in [0.05, 0.1) is 7.11 Å². The second kappa shape index (κ2) is 5.73. The van der Waals surface area contributed by atoms with E-state index in [1.807, 2.05) is 29.2 Å². The van der Waals surface area contributed by atoms with Crippen LogP contribution < -0.4 is 9.47 Å². The summed E-state index contributed by atoms with van der Waals surface area (Å²) in [5.41, 5.74) is 0.572. The molecule has 0 unspecified atom stereocenters. The zero-order valence-corrected chi connectivity index (χ0v) is 14.6. The van der Waals surface area contributed by atoms with E-state index in [-0.39, 0.29) is 17.9 Å². The third-order valence-corrected chi connectivity index (χ3v) is 5.16. The molecule has 0 aromatic heterocycles. The number of nitrogens with zero attached hydrogens (tertiary/aromatic N) is 1. The number of hydrogen-bond acceptors (Lipinski definition) is 3. The predicted octanol–water partition coefficient (Wildman–Crippen LogP) is 3.50. The molecule has 1 saturated heterocycles. The van der Waals surface area contributed by atoms with Gasteiger partial charge in [0.25, 0.3) is 5.91 Å². The van der Waals surface area contributed by atoms with Gasteiger partial charge in [0.15, 0.2) is 18.1 Å². The summed E-state index contributed by atoms with van der Waals surface area (Å²) >= 11 is 0. The molecule has 1 aliphatic carbocycles. The van der Waals surface area contributed by atoms with E-state index in [2.05, 4.69) is 20.8 Å². The summed E-state index contributed by atoms with van der Waals surface area (Å²) in [4.78, 5) is 14.7. The minimum Gasteiger partial charge on any atom is -0.493 e. The summed E-state index contributed by atoms with van der Waals surface area (Å²) in [6, 6.07) is 7.80. The molecule has 1 saturated carbocycles. The van der Waals surface area contributed by atoms with Crippen molar-refractivity contribution in [2.45, 2.75) is 46.1 Å². The summed E-state index contributed by atoms with van der Waals surface area (Å²) in [5, 5.41) is 0. The minimum atomic E-state index is 0.0768. The van der Waals surface area contributed by atoms with Crippen LogP contribution in [0.15, 0.2) is 24.3 Å². The van der Waals surface area contributed by atoms with Crippen LogP contribution in [0.5, 0.6) is 11.5 Å². The number of amides is 1. The van der Waals surface area contributed by atoms with Crippen molar-refractivity contribution in [1.29, 1.82) is 0 Å². The van der Waals surface area contributed by atoms with E-state index in [0.717, 1.165) is 19.4 Å². The molecule has 2 bridgehead atoms. The first kappa shape index (κ1) is 16.2. The van der Waals surface area contributed by atoms with Gasteiger partial charge in [0.2, 0.25) is 0 Å². The fraction of sp³-hybridized carbons (Fsp3) is 0.632. The van der Waals surface area contributed by atoms with Gasteiger partial charge in [-0.25, -0.2) is 0 Å². The SMILES string of the molecule is COc1ccccc1OCC(=O)N1C[C@@]2(C)C[C@H]1CC(C)(C)C2. The van der Waals surface area contributed by atoms with Gasteiger partial charge in [-0.15, -0.1) is 0 Å². The van der Waals surface area contributed by atoms with Gasteiger partial charge in [0.1, 0.15) is 0 Å². The maximum Gasteiger partial charge on any atom is 0.260 e. The monoisotopic (exact) mass is 317 g/mol. The first-order chi connectivity index (χ1) is 10.8. The highest BCUT2D eigenvalue weighted by atomic mass is 16.5. The molecule has 1 aromatic rings. The first-order valence-corrected chi connectivity index (χ1v) is 8.37. The van der Waals surface area contributed by atoms with E-state index in [1.165, 1.54) is 6.42 Å². The third kappa shape index (κ3) is 3.31. The second-order valence-corrected chi connectivity index (χ2v) is 8.17. The van der Waals surface area contributed by atoms with Gasteiger partial charge in [-0.3, -0.25) is 4.79 Å². The molecule has 4 nitrogen and oxygen atoms in total. The first-order valence-electron chi connectivity index (χ1n) is 8.37. The average molecular weight is 317 g/mol. The highest BCUT2D eigenvalue weighted by Gasteiger charge is 2.50.